The standard InChI is InChI=1S/C15H13NO7S/c1-23-15(20)10-4-7-12(13(17)8-10)16-24(21,22)11-5-2-9(3-6-11)14(18)19/h2-8,16-17H,1H3,(H,18,19). The van der Waals surface area contributed by atoms with Crippen molar-refractivity contribution in [2.45, 2.75) is 4.90 Å². The molecule has 0 aliphatic carbocycles. The Morgan fingerprint density at radius 1 is 1.04 bits per heavy atom. The molecule has 0 atom stereocenters. The van der Waals surface area contributed by atoms with E-state index in [1.165, 1.54) is 19.2 Å². The van der Waals surface area contributed by atoms with Crippen LogP contribution in [-0.4, -0.2) is 37.7 Å². The third-order valence-electron chi connectivity index (χ3n) is 3.07. The minimum atomic E-state index is -4.04. The van der Waals surface area contributed by atoms with Crippen LogP contribution in [0.3, 0.4) is 0 Å². The number of rotatable bonds is 5. The molecule has 3 N–H and O–H groups in total. The quantitative estimate of drug-likeness (QED) is 0.552. The lowest BCUT2D eigenvalue weighted by atomic mass is 10.2. The average molecular weight is 351 g/mol. The summed E-state index contributed by atoms with van der Waals surface area (Å²) in [4.78, 5) is 21.9. The second kappa shape index (κ2) is 6.59. The number of sulfonamides is 1. The second-order valence-corrected chi connectivity index (χ2v) is 6.34. The van der Waals surface area contributed by atoms with Gasteiger partial charge < -0.3 is 14.9 Å². The van der Waals surface area contributed by atoms with Gasteiger partial charge in [0.05, 0.1) is 28.8 Å². The smallest absolute Gasteiger partial charge is 0.337 e. The van der Waals surface area contributed by atoms with Crippen molar-refractivity contribution < 1.29 is 33.0 Å². The van der Waals surface area contributed by atoms with Gasteiger partial charge in [-0.1, -0.05) is 0 Å². The molecule has 0 aliphatic heterocycles. The molecule has 0 amide bonds. The van der Waals surface area contributed by atoms with E-state index < -0.39 is 27.7 Å². The van der Waals surface area contributed by atoms with E-state index in [0.29, 0.717) is 0 Å². The average Bonchev–Trinajstić information content (AvgIpc) is 2.56. The van der Waals surface area contributed by atoms with Crippen LogP contribution >= 0.6 is 0 Å². The van der Waals surface area contributed by atoms with Crippen molar-refractivity contribution in [3.63, 3.8) is 0 Å². The van der Waals surface area contributed by atoms with Crippen LogP contribution in [0.25, 0.3) is 0 Å². The van der Waals surface area contributed by atoms with Gasteiger partial charge in [-0.05, 0) is 42.5 Å². The highest BCUT2D eigenvalue weighted by molar-refractivity contribution is 7.92. The maximum absolute atomic E-state index is 12.2. The zero-order chi connectivity index (χ0) is 17.9. The fraction of sp³-hybridized carbons (Fsp3) is 0.0667. The van der Waals surface area contributed by atoms with Crippen LogP contribution in [0, 0.1) is 0 Å². The Morgan fingerprint density at radius 3 is 2.12 bits per heavy atom. The van der Waals surface area contributed by atoms with Crippen molar-refractivity contribution >= 4 is 27.6 Å². The minimum Gasteiger partial charge on any atom is -0.506 e. The van der Waals surface area contributed by atoms with Crippen LogP contribution in [0.2, 0.25) is 0 Å². The first-order valence-corrected chi connectivity index (χ1v) is 8.00. The summed E-state index contributed by atoms with van der Waals surface area (Å²) in [5, 5.41) is 18.7. The zero-order valence-electron chi connectivity index (χ0n) is 12.4. The van der Waals surface area contributed by atoms with Crippen molar-refractivity contribution in [2.24, 2.45) is 0 Å². The van der Waals surface area contributed by atoms with Crippen LogP contribution in [0.4, 0.5) is 5.69 Å². The van der Waals surface area contributed by atoms with E-state index in [1.807, 2.05) is 0 Å². The third kappa shape index (κ3) is 3.63. The molecule has 0 fully saturated rings. The molecule has 0 aromatic heterocycles. The van der Waals surface area contributed by atoms with Crippen LogP contribution < -0.4 is 4.72 Å². The van der Waals surface area contributed by atoms with E-state index in [9.17, 15) is 23.1 Å². The first-order chi connectivity index (χ1) is 11.2. The van der Waals surface area contributed by atoms with Gasteiger partial charge >= 0.3 is 11.9 Å². The molecule has 0 saturated heterocycles. The summed E-state index contributed by atoms with van der Waals surface area (Å²) >= 11 is 0. The predicted molar refractivity (Wildman–Crippen MR) is 83.7 cm³/mol. The maximum Gasteiger partial charge on any atom is 0.337 e. The predicted octanol–water partition coefficient (Wildman–Crippen LogP) is 1.68. The highest BCUT2D eigenvalue weighted by atomic mass is 32.2. The van der Waals surface area contributed by atoms with E-state index >= 15 is 0 Å². The van der Waals surface area contributed by atoms with E-state index in [4.69, 9.17) is 5.11 Å². The largest absolute Gasteiger partial charge is 0.506 e. The number of phenols is 1. The lowest BCUT2D eigenvalue weighted by Gasteiger charge is -2.10. The number of hydrogen-bond donors (Lipinski definition) is 3. The molecule has 2 aromatic carbocycles. The van der Waals surface area contributed by atoms with Crippen molar-refractivity contribution in [1.29, 1.82) is 0 Å². The van der Waals surface area contributed by atoms with E-state index in [-0.39, 0.29) is 21.7 Å². The molecule has 0 aliphatic rings. The maximum atomic E-state index is 12.2. The van der Waals surface area contributed by atoms with Gasteiger partial charge in [0.25, 0.3) is 10.0 Å². The Morgan fingerprint density at radius 2 is 1.62 bits per heavy atom. The highest BCUT2D eigenvalue weighted by Gasteiger charge is 2.18. The fourth-order valence-corrected chi connectivity index (χ4v) is 2.92. The van der Waals surface area contributed by atoms with Gasteiger partial charge in [-0.2, -0.15) is 0 Å². The number of aromatic hydroxyl groups is 1. The van der Waals surface area contributed by atoms with Crippen LogP contribution in [0.5, 0.6) is 5.75 Å². The molecule has 0 unspecified atom stereocenters. The number of carbonyl (C=O) groups excluding carboxylic acids is 1. The summed E-state index contributed by atoms with van der Waals surface area (Å²) in [5.74, 6) is -2.31. The second-order valence-electron chi connectivity index (χ2n) is 4.66. The number of carbonyl (C=O) groups is 2. The van der Waals surface area contributed by atoms with Gasteiger partial charge in [-0.25, -0.2) is 18.0 Å². The molecule has 0 bridgehead atoms. The van der Waals surface area contributed by atoms with Gasteiger partial charge in [0.2, 0.25) is 0 Å². The highest BCUT2D eigenvalue weighted by Crippen LogP contribution is 2.27. The van der Waals surface area contributed by atoms with Crippen molar-refractivity contribution in [3.05, 3.63) is 53.6 Å². The summed E-state index contributed by atoms with van der Waals surface area (Å²) in [6, 6.07) is 8.13. The topological polar surface area (TPSA) is 130 Å². The molecule has 0 heterocycles. The Labute approximate surface area is 137 Å². The monoisotopic (exact) mass is 351 g/mol. The summed E-state index contributed by atoms with van der Waals surface area (Å²) in [7, 11) is -2.86. The van der Waals surface area contributed by atoms with Gasteiger partial charge in [-0.15, -0.1) is 0 Å². The SMILES string of the molecule is COC(=O)c1ccc(NS(=O)(=O)c2ccc(C(=O)O)cc2)c(O)c1. The number of anilines is 1. The number of methoxy groups -OCH3 is 1. The lowest BCUT2D eigenvalue weighted by molar-refractivity contribution is 0.0599. The van der Waals surface area contributed by atoms with Crippen molar-refractivity contribution in [2.75, 3.05) is 11.8 Å². The molecular formula is C15H13NO7S. The van der Waals surface area contributed by atoms with Crippen molar-refractivity contribution in [3.8, 4) is 5.75 Å². The summed E-state index contributed by atoms with van der Waals surface area (Å²) < 4.78 is 31.2. The number of esters is 1. The Hall–Kier alpha value is -3.07. The molecule has 2 rings (SSSR count). The van der Waals surface area contributed by atoms with Gasteiger partial charge in [0, 0.05) is 0 Å². The Bertz CT molecular complexity index is 889. The van der Waals surface area contributed by atoms with E-state index in [2.05, 4.69) is 9.46 Å². The molecular weight excluding hydrogens is 338 g/mol. The number of phenolic OH excluding ortho intramolecular Hbond substituents is 1. The fourth-order valence-electron chi connectivity index (χ4n) is 1.84. The van der Waals surface area contributed by atoms with Gasteiger partial charge in [0.1, 0.15) is 5.75 Å². The summed E-state index contributed by atoms with van der Waals surface area (Å²) in [6.45, 7) is 0. The van der Waals surface area contributed by atoms with Crippen LogP contribution in [0.1, 0.15) is 20.7 Å². The molecule has 126 valence electrons. The first-order valence-electron chi connectivity index (χ1n) is 6.52. The minimum absolute atomic E-state index is 0.0563. The normalized spacial score (nSPS) is 10.9. The number of carboxylic acid groups (broad SMARTS) is 1. The number of hydrogen-bond acceptors (Lipinski definition) is 6. The Balaban J connectivity index is 2.29. The van der Waals surface area contributed by atoms with Gasteiger partial charge in [-0.3, -0.25) is 4.72 Å². The molecule has 0 radical (unpaired) electrons. The van der Waals surface area contributed by atoms with E-state index in [0.717, 1.165) is 30.3 Å². The number of nitrogens with one attached hydrogen (secondary N) is 1. The molecule has 0 spiro atoms. The van der Waals surface area contributed by atoms with Crippen LogP contribution in [-0.2, 0) is 14.8 Å². The molecule has 2 aromatic rings. The summed E-state index contributed by atoms with van der Waals surface area (Å²) in [6.07, 6.45) is 0. The zero-order valence-corrected chi connectivity index (χ0v) is 13.2. The number of aromatic carboxylic acids is 1. The van der Waals surface area contributed by atoms with Gasteiger partial charge in [0.15, 0.2) is 0 Å². The summed E-state index contributed by atoms with van der Waals surface area (Å²) in [5.41, 5.74) is -0.132. The number of benzene rings is 2. The number of ether oxygens (including phenoxy) is 1. The van der Waals surface area contributed by atoms with Crippen LogP contribution in [0.15, 0.2) is 47.4 Å². The third-order valence-corrected chi connectivity index (χ3v) is 4.46. The molecule has 24 heavy (non-hydrogen) atoms. The lowest BCUT2D eigenvalue weighted by Crippen LogP contribution is -2.13. The number of carboxylic acids is 1. The Kier molecular flexibility index (Phi) is 4.74. The van der Waals surface area contributed by atoms with E-state index in [1.54, 1.807) is 0 Å². The van der Waals surface area contributed by atoms with Crippen molar-refractivity contribution in [1.82, 2.24) is 0 Å². The first kappa shape index (κ1) is 17.3. The molecule has 8 nitrogen and oxygen atoms in total. The molecule has 0 saturated carbocycles. The molecule has 9 heteroatoms.